The van der Waals surface area contributed by atoms with E-state index in [0.29, 0.717) is 5.02 Å². The molecule has 68 valence electrons. The first kappa shape index (κ1) is 8.51. The third kappa shape index (κ3) is 1.40. The van der Waals surface area contributed by atoms with E-state index >= 15 is 0 Å². The summed E-state index contributed by atoms with van der Waals surface area (Å²) in [6, 6.07) is 1.82. The van der Waals surface area contributed by atoms with E-state index in [2.05, 4.69) is 15.0 Å². The van der Waals surface area contributed by atoms with E-state index in [1.165, 1.54) is 0 Å². The molecule has 0 aromatic carbocycles. The van der Waals surface area contributed by atoms with E-state index in [4.69, 9.17) is 11.6 Å². The Morgan fingerprint density at radius 1 is 1.46 bits per heavy atom. The van der Waals surface area contributed by atoms with Crippen molar-refractivity contribution in [3.8, 4) is 0 Å². The lowest BCUT2D eigenvalue weighted by molar-refractivity contribution is 0.997. The molecule has 2 rings (SSSR count). The number of aromatic amines is 1. The van der Waals surface area contributed by atoms with Gasteiger partial charge in [-0.1, -0.05) is 18.5 Å². The number of nitrogens with zero attached hydrogens (tertiary/aromatic N) is 2. The first-order chi connectivity index (χ1) is 6.20. The SMILES string of the molecule is CCc1nc2c(Cl)cc(C)nc2[nH]1. The van der Waals surface area contributed by atoms with Crippen molar-refractivity contribution in [1.29, 1.82) is 0 Å². The Kier molecular flexibility index (Phi) is 1.96. The van der Waals surface area contributed by atoms with Gasteiger partial charge in [0.15, 0.2) is 5.65 Å². The van der Waals surface area contributed by atoms with Crippen LogP contribution in [0, 0.1) is 6.92 Å². The van der Waals surface area contributed by atoms with Gasteiger partial charge in [-0.15, -0.1) is 0 Å². The van der Waals surface area contributed by atoms with Crippen molar-refractivity contribution in [2.75, 3.05) is 0 Å². The predicted octanol–water partition coefficient (Wildman–Crippen LogP) is 2.48. The summed E-state index contributed by atoms with van der Waals surface area (Å²) in [6.45, 7) is 3.95. The van der Waals surface area contributed by atoms with Crippen molar-refractivity contribution in [1.82, 2.24) is 15.0 Å². The summed E-state index contributed by atoms with van der Waals surface area (Å²) < 4.78 is 0. The van der Waals surface area contributed by atoms with Gasteiger partial charge in [0.05, 0.1) is 5.02 Å². The van der Waals surface area contributed by atoms with E-state index in [9.17, 15) is 0 Å². The second-order valence-electron chi connectivity index (χ2n) is 2.98. The highest BCUT2D eigenvalue weighted by molar-refractivity contribution is 6.34. The number of H-pyrrole nitrogens is 1. The number of halogens is 1. The highest BCUT2D eigenvalue weighted by Crippen LogP contribution is 2.20. The minimum absolute atomic E-state index is 0.665. The van der Waals surface area contributed by atoms with Crippen LogP contribution in [-0.2, 0) is 6.42 Å². The van der Waals surface area contributed by atoms with Crippen LogP contribution in [0.1, 0.15) is 18.4 Å². The smallest absolute Gasteiger partial charge is 0.159 e. The van der Waals surface area contributed by atoms with Crippen LogP contribution >= 0.6 is 11.6 Å². The Hall–Kier alpha value is -1.09. The molecule has 4 heteroatoms. The van der Waals surface area contributed by atoms with Gasteiger partial charge in [-0.25, -0.2) is 9.97 Å². The normalized spacial score (nSPS) is 11.0. The van der Waals surface area contributed by atoms with Crippen molar-refractivity contribution < 1.29 is 0 Å². The van der Waals surface area contributed by atoms with Crippen LogP contribution in [-0.4, -0.2) is 15.0 Å². The molecule has 0 spiro atoms. The van der Waals surface area contributed by atoms with Crippen molar-refractivity contribution in [3.63, 3.8) is 0 Å². The topological polar surface area (TPSA) is 41.6 Å². The Morgan fingerprint density at radius 2 is 2.23 bits per heavy atom. The maximum Gasteiger partial charge on any atom is 0.159 e. The van der Waals surface area contributed by atoms with Gasteiger partial charge in [0.2, 0.25) is 0 Å². The number of imidazole rings is 1. The van der Waals surface area contributed by atoms with Crippen LogP contribution in [0.15, 0.2) is 6.07 Å². The van der Waals surface area contributed by atoms with Crippen LogP contribution in [0.5, 0.6) is 0 Å². The monoisotopic (exact) mass is 195 g/mol. The summed E-state index contributed by atoms with van der Waals surface area (Å²) in [4.78, 5) is 11.7. The molecule has 0 aliphatic rings. The largest absolute Gasteiger partial charge is 0.327 e. The Labute approximate surface area is 81.2 Å². The Bertz CT molecular complexity index is 447. The van der Waals surface area contributed by atoms with Gasteiger partial charge in [0.1, 0.15) is 11.3 Å². The fourth-order valence-electron chi connectivity index (χ4n) is 1.29. The van der Waals surface area contributed by atoms with E-state index in [0.717, 1.165) is 29.1 Å². The van der Waals surface area contributed by atoms with E-state index in [1.54, 1.807) is 0 Å². The lowest BCUT2D eigenvalue weighted by Crippen LogP contribution is -1.82. The second kappa shape index (κ2) is 3.00. The fourth-order valence-corrected chi connectivity index (χ4v) is 1.58. The molecule has 2 aromatic rings. The first-order valence-corrected chi connectivity index (χ1v) is 4.60. The molecule has 0 fully saturated rings. The summed E-state index contributed by atoms with van der Waals surface area (Å²) >= 11 is 6.01. The zero-order chi connectivity index (χ0) is 9.42. The summed E-state index contributed by atoms with van der Waals surface area (Å²) in [5, 5.41) is 0.665. The third-order valence-electron chi connectivity index (χ3n) is 1.92. The van der Waals surface area contributed by atoms with Crippen molar-refractivity contribution in [2.45, 2.75) is 20.3 Å². The summed E-state index contributed by atoms with van der Waals surface area (Å²) in [5.41, 5.74) is 2.45. The molecule has 0 aliphatic heterocycles. The summed E-state index contributed by atoms with van der Waals surface area (Å²) in [6.07, 6.45) is 0.867. The fraction of sp³-hybridized carbons (Fsp3) is 0.333. The summed E-state index contributed by atoms with van der Waals surface area (Å²) in [5.74, 6) is 0.926. The van der Waals surface area contributed by atoms with Gasteiger partial charge >= 0.3 is 0 Å². The molecule has 0 saturated heterocycles. The van der Waals surface area contributed by atoms with Crippen LogP contribution in [0.3, 0.4) is 0 Å². The minimum Gasteiger partial charge on any atom is -0.327 e. The zero-order valence-corrected chi connectivity index (χ0v) is 8.31. The molecule has 1 N–H and O–H groups in total. The van der Waals surface area contributed by atoms with Crippen molar-refractivity contribution in [3.05, 3.63) is 22.6 Å². The van der Waals surface area contributed by atoms with Gasteiger partial charge in [-0.2, -0.15) is 0 Å². The molecule has 2 heterocycles. The highest BCUT2D eigenvalue weighted by atomic mass is 35.5. The molecule has 0 bridgehead atoms. The van der Waals surface area contributed by atoms with Gasteiger partial charge in [0.25, 0.3) is 0 Å². The van der Waals surface area contributed by atoms with Gasteiger partial charge in [-0.05, 0) is 13.0 Å². The minimum atomic E-state index is 0.665. The number of pyridine rings is 1. The molecule has 0 atom stereocenters. The number of rotatable bonds is 1. The van der Waals surface area contributed by atoms with Gasteiger partial charge < -0.3 is 4.98 Å². The van der Waals surface area contributed by atoms with Crippen LogP contribution < -0.4 is 0 Å². The first-order valence-electron chi connectivity index (χ1n) is 4.22. The van der Waals surface area contributed by atoms with Crippen molar-refractivity contribution in [2.24, 2.45) is 0 Å². The van der Waals surface area contributed by atoms with Gasteiger partial charge in [0, 0.05) is 12.1 Å². The maximum atomic E-state index is 6.01. The lowest BCUT2D eigenvalue weighted by Gasteiger charge is -1.93. The standard InChI is InChI=1S/C9H10ClN3/c1-3-7-12-8-6(10)4-5(2)11-9(8)13-7/h4H,3H2,1-2H3,(H,11,12,13). The van der Waals surface area contributed by atoms with E-state index < -0.39 is 0 Å². The number of nitrogens with one attached hydrogen (secondary N) is 1. The maximum absolute atomic E-state index is 6.01. The van der Waals surface area contributed by atoms with Crippen molar-refractivity contribution >= 4 is 22.8 Å². The second-order valence-corrected chi connectivity index (χ2v) is 3.39. The van der Waals surface area contributed by atoms with E-state index in [1.807, 2.05) is 19.9 Å². The number of aryl methyl sites for hydroxylation is 2. The molecule has 0 saturated carbocycles. The predicted molar refractivity (Wildman–Crippen MR) is 53.0 cm³/mol. The lowest BCUT2D eigenvalue weighted by atomic mass is 10.3. The molecule has 0 unspecified atom stereocenters. The number of hydrogen-bond acceptors (Lipinski definition) is 2. The highest BCUT2D eigenvalue weighted by Gasteiger charge is 2.06. The Balaban J connectivity index is 2.75. The molecule has 0 aliphatic carbocycles. The van der Waals surface area contributed by atoms with Crippen LogP contribution in [0.25, 0.3) is 11.2 Å². The zero-order valence-electron chi connectivity index (χ0n) is 7.56. The van der Waals surface area contributed by atoms with Gasteiger partial charge in [-0.3, -0.25) is 0 Å². The number of aromatic nitrogens is 3. The molecule has 0 amide bonds. The molecule has 2 aromatic heterocycles. The van der Waals surface area contributed by atoms with E-state index in [-0.39, 0.29) is 0 Å². The summed E-state index contributed by atoms with van der Waals surface area (Å²) in [7, 11) is 0. The quantitative estimate of drug-likeness (QED) is 0.760. The average molecular weight is 196 g/mol. The molecular formula is C9H10ClN3. The molecular weight excluding hydrogens is 186 g/mol. The Morgan fingerprint density at radius 3 is 2.92 bits per heavy atom. The third-order valence-corrected chi connectivity index (χ3v) is 2.21. The number of fused-ring (bicyclic) bond motifs is 1. The average Bonchev–Trinajstić information content (AvgIpc) is 2.47. The van der Waals surface area contributed by atoms with Crippen LogP contribution in [0.4, 0.5) is 0 Å². The molecule has 0 radical (unpaired) electrons. The molecule has 13 heavy (non-hydrogen) atoms. The number of hydrogen-bond donors (Lipinski definition) is 1. The molecule has 3 nitrogen and oxygen atoms in total. The van der Waals surface area contributed by atoms with Crippen LogP contribution in [0.2, 0.25) is 5.02 Å².